The van der Waals surface area contributed by atoms with Crippen LogP contribution in [0.4, 0.5) is 48.3 Å². The van der Waals surface area contributed by atoms with Crippen LogP contribution in [0.2, 0.25) is 0 Å². The van der Waals surface area contributed by atoms with Crippen LogP contribution in [0.15, 0.2) is 11.9 Å². The Balaban J connectivity index is 3.11. The van der Waals surface area contributed by atoms with E-state index in [2.05, 4.69) is 0 Å². The van der Waals surface area contributed by atoms with Gasteiger partial charge in [0.2, 0.25) is 0 Å². The van der Waals surface area contributed by atoms with Gasteiger partial charge in [0.25, 0.3) is 5.83 Å². The molecule has 0 radical (unpaired) electrons. The van der Waals surface area contributed by atoms with Crippen LogP contribution in [0.3, 0.4) is 0 Å². The average molecular weight is 367 g/mol. The van der Waals surface area contributed by atoms with E-state index in [1.807, 2.05) is 4.74 Å². The van der Waals surface area contributed by atoms with Gasteiger partial charge in [0, 0.05) is 13.1 Å². The molecule has 0 atom stereocenters. The highest BCUT2D eigenvalue weighted by atomic mass is 19.4. The molecule has 1 rings (SSSR count). The molecule has 0 bridgehead atoms. The number of hydrogen-bond acceptors (Lipinski definition) is 2. The van der Waals surface area contributed by atoms with Crippen LogP contribution in [0.1, 0.15) is 12.8 Å². The summed E-state index contributed by atoms with van der Waals surface area (Å²) in [4.78, 5) is -0.398. The van der Waals surface area contributed by atoms with Gasteiger partial charge in [0.15, 0.2) is 0 Å². The number of hydrogen-bond donors (Lipinski definition) is 0. The van der Waals surface area contributed by atoms with Gasteiger partial charge in [-0.3, -0.25) is 0 Å². The van der Waals surface area contributed by atoms with Gasteiger partial charge in [-0.05, 0) is 12.8 Å². The fourth-order valence-corrected chi connectivity index (χ4v) is 1.75. The molecule has 1 saturated heterocycles. The number of nitrogens with zero attached hydrogens (tertiary/aromatic N) is 1. The lowest BCUT2D eigenvalue weighted by Gasteiger charge is -2.37. The van der Waals surface area contributed by atoms with E-state index >= 15 is 0 Å². The summed E-state index contributed by atoms with van der Waals surface area (Å²) in [5, 5.41) is 0. The van der Waals surface area contributed by atoms with Gasteiger partial charge < -0.3 is 0 Å². The van der Waals surface area contributed by atoms with Crippen LogP contribution in [0, 0.1) is 0 Å². The maximum absolute atomic E-state index is 13.5. The summed E-state index contributed by atoms with van der Waals surface area (Å²) in [7, 11) is 0. The molecule has 0 aliphatic carbocycles. The van der Waals surface area contributed by atoms with Crippen molar-refractivity contribution in [1.29, 1.82) is 0 Å². The van der Waals surface area contributed by atoms with Gasteiger partial charge in [-0.2, -0.15) is 48.3 Å². The molecule has 0 aromatic heterocycles. The van der Waals surface area contributed by atoms with E-state index in [9.17, 15) is 48.3 Å². The number of likely N-dealkylation sites (tertiary alicyclic amines) is 1. The van der Waals surface area contributed by atoms with Crippen molar-refractivity contribution in [3.05, 3.63) is 11.9 Å². The van der Waals surface area contributed by atoms with E-state index in [-0.39, 0.29) is 12.8 Å². The third-order valence-electron chi connectivity index (χ3n) is 2.92. The van der Waals surface area contributed by atoms with E-state index in [0.717, 1.165) is 0 Å². The fourth-order valence-electron chi connectivity index (χ4n) is 1.75. The highest BCUT2D eigenvalue weighted by molar-refractivity contribution is 5.02. The van der Waals surface area contributed by atoms with E-state index in [1.165, 1.54) is 0 Å². The molecular weight excluding hydrogens is 359 g/mol. The summed E-state index contributed by atoms with van der Waals surface area (Å²) in [6, 6.07) is -5.63. The minimum atomic E-state index is -6.64. The molecule has 0 N–H and O–H groups in total. The minimum Gasteiger partial charge on any atom is -0.244 e. The highest BCUT2D eigenvalue weighted by Gasteiger charge is 2.77. The van der Waals surface area contributed by atoms with Crippen molar-refractivity contribution in [3.8, 4) is 0 Å². The molecule has 23 heavy (non-hydrogen) atoms. The van der Waals surface area contributed by atoms with Gasteiger partial charge in [-0.1, -0.05) is 0 Å². The molecular formula is C10H8F11NO. The molecule has 0 aromatic rings. The lowest BCUT2D eigenvalue weighted by Crippen LogP contribution is -2.63. The van der Waals surface area contributed by atoms with Crippen LogP contribution in [-0.2, 0) is 4.74 Å². The van der Waals surface area contributed by atoms with Crippen LogP contribution >= 0.6 is 0 Å². The summed E-state index contributed by atoms with van der Waals surface area (Å²) < 4.78 is 143. The Bertz CT molecular complexity index is 465. The second kappa shape index (κ2) is 6.07. The van der Waals surface area contributed by atoms with Crippen molar-refractivity contribution in [3.63, 3.8) is 0 Å². The monoisotopic (exact) mass is 367 g/mol. The second-order valence-electron chi connectivity index (χ2n) is 4.52. The summed E-state index contributed by atoms with van der Waals surface area (Å²) in [5.41, 5.74) is 0. The van der Waals surface area contributed by atoms with Crippen molar-refractivity contribution in [2.75, 3.05) is 13.1 Å². The van der Waals surface area contributed by atoms with Crippen LogP contribution in [0.25, 0.3) is 0 Å². The third kappa shape index (κ3) is 3.54. The molecule has 0 saturated carbocycles. The fraction of sp³-hybridized carbons (Fsp3) is 0.800. The van der Waals surface area contributed by atoms with E-state index < -0.39 is 54.1 Å². The van der Waals surface area contributed by atoms with E-state index in [0.29, 0.717) is 0 Å². The van der Waals surface area contributed by atoms with Crippen molar-refractivity contribution in [1.82, 2.24) is 4.90 Å². The summed E-state index contributed by atoms with van der Waals surface area (Å²) in [6.07, 6.45) is -16.8. The first kappa shape index (κ1) is 19.9. The van der Waals surface area contributed by atoms with E-state index in [1.54, 1.807) is 0 Å². The quantitative estimate of drug-likeness (QED) is 0.503. The first-order valence-corrected chi connectivity index (χ1v) is 5.84. The largest absolute Gasteiger partial charge is 0.432 e. The minimum absolute atomic E-state index is 0.0430. The number of rotatable bonds is 6. The Kier molecular flexibility index (Phi) is 5.26. The van der Waals surface area contributed by atoms with Gasteiger partial charge in [-0.15, -0.1) is 0 Å². The smallest absolute Gasteiger partial charge is 0.244 e. The zero-order valence-electron chi connectivity index (χ0n) is 10.8. The van der Waals surface area contributed by atoms with Crippen molar-refractivity contribution < 1.29 is 53.0 Å². The standard InChI is InChI=1S/C10H8F11NO/c11-5(6(12)13)7(14,15)23-10(20,21)8(16,17)9(18,19)22-3-1-2-4-22/h1-4H2. The zero-order valence-corrected chi connectivity index (χ0v) is 10.8. The van der Waals surface area contributed by atoms with Gasteiger partial charge >= 0.3 is 30.3 Å². The lowest BCUT2D eigenvalue weighted by atomic mass is 10.2. The molecule has 1 aliphatic heterocycles. The maximum Gasteiger partial charge on any atom is 0.432 e. The molecule has 136 valence electrons. The number of halogens is 11. The van der Waals surface area contributed by atoms with E-state index in [4.69, 9.17) is 0 Å². The molecule has 1 heterocycles. The normalized spacial score (nSPS) is 18.4. The van der Waals surface area contributed by atoms with Gasteiger partial charge in [0.05, 0.1) is 0 Å². The van der Waals surface area contributed by atoms with Crippen molar-refractivity contribution in [2.24, 2.45) is 0 Å². The predicted octanol–water partition coefficient (Wildman–Crippen LogP) is 4.59. The Labute approximate surface area is 121 Å². The molecule has 0 spiro atoms. The number of alkyl halides is 8. The molecule has 0 unspecified atom stereocenters. The van der Waals surface area contributed by atoms with Crippen molar-refractivity contribution in [2.45, 2.75) is 37.0 Å². The number of ether oxygens (including phenoxy) is 1. The maximum atomic E-state index is 13.5. The van der Waals surface area contributed by atoms with Crippen LogP contribution < -0.4 is 0 Å². The summed E-state index contributed by atoms with van der Waals surface area (Å²) in [5.74, 6) is -10.4. The summed E-state index contributed by atoms with van der Waals surface area (Å²) in [6.45, 7) is -1.47. The zero-order chi connectivity index (χ0) is 18.3. The van der Waals surface area contributed by atoms with Crippen molar-refractivity contribution >= 4 is 0 Å². The van der Waals surface area contributed by atoms with Gasteiger partial charge in [-0.25, -0.2) is 9.64 Å². The molecule has 13 heteroatoms. The topological polar surface area (TPSA) is 12.5 Å². The lowest BCUT2D eigenvalue weighted by molar-refractivity contribution is -0.465. The molecule has 0 aromatic carbocycles. The first-order valence-electron chi connectivity index (χ1n) is 5.84. The Hall–Kier alpha value is -1.11. The molecule has 1 fully saturated rings. The first-order chi connectivity index (χ1) is 10.2. The Morgan fingerprint density at radius 1 is 0.783 bits per heavy atom. The molecule has 0 amide bonds. The Morgan fingerprint density at radius 3 is 1.61 bits per heavy atom. The molecule has 2 nitrogen and oxygen atoms in total. The second-order valence-corrected chi connectivity index (χ2v) is 4.52. The van der Waals surface area contributed by atoms with Crippen LogP contribution in [-0.4, -0.2) is 42.2 Å². The summed E-state index contributed by atoms with van der Waals surface area (Å²) >= 11 is 0. The Morgan fingerprint density at radius 2 is 1.22 bits per heavy atom. The molecule has 1 aliphatic rings. The SMILES string of the molecule is FC(F)=C(F)C(F)(F)OC(F)(F)C(F)(F)C(F)(F)N1CCCC1. The highest BCUT2D eigenvalue weighted by Crippen LogP contribution is 2.51. The third-order valence-corrected chi connectivity index (χ3v) is 2.92. The van der Waals surface area contributed by atoms with Crippen LogP contribution in [0.5, 0.6) is 0 Å². The average Bonchev–Trinajstić information content (AvgIpc) is 2.90. The predicted molar refractivity (Wildman–Crippen MR) is 52.0 cm³/mol. The van der Waals surface area contributed by atoms with Gasteiger partial charge in [0.1, 0.15) is 0 Å².